The molecule has 44 heavy (non-hydrogen) atoms. The van der Waals surface area contributed by atoms with Crippen molar-refractivity contribution < 1.29 is 12.8 Å². The second kappa shape index (κ2) is 13.4. The van der Waals surface area contributed by atoms with Gasteiger partial charge < -0.3 is 0 Å². The lowest BCUT2D eigenvalue weighted by molar-refractivity contribution is 0.428. The van der Waals surface area contributed by atoms with E-state index in [4.69, 9.17) is 9.98 Å². The van der Waals surface area contributed by atoms with Crippen LogP contribution in [0, 0.1) is 12.7 Å². The summed E-state index contributed by atoms with van der Waals surface area (Å²) in [6, 6.07) is 21.3. The Kier molecular flexibility index (Phi) is 9.33. The van der Waals surface area contributed by atoms with Crippen molar-refractivity contribution in [3.63, 3.8) is 0 Å². The third-order valence-electron chi connectivity index (χ3n) is 8.76. The number of nitrogens with zero attached hydrogens (tertiary/aromatic N) is 3. The van der Waals surface area contributed by atoms with Gasteiger partial charge in [0.1, 0.15) is 11.6 Å². The van der Waals surface area contributed by atoms with Crippen LogP contribution in [0.2, 0.25) is 0 Å². The van der Waals surface area contributed by atoms with Gasteiger partial charge in [0, 0.05) is 22.4 Å². The van der Waals surface area contributed by atoms with E-state index in [0.717, 1.165) is 80.7 Å². The number of aromatic nitrogens is 1. The molecule has 0 aliphatic heterocycles. The monoisotopic (exact) mass is 676 g/mol. The number of rotatable bonds is 6. The van der Waals surface area contributed by atoms with Crippen LogP contribution in [0.25, 0.3) is 22.0 Å². The molecule has 2 aliphatic rings. The van der Waals surface area contributed by atoms with Crippen LogP contribution >= 0.6 is 15.9 Å². The number of aliphatic imine (C=N–C) groups is 1. The lowest BCUT2D eigenvalue weighted by atomic mass is 9.93. The molecule has 2 fully saturated rings. The molecule has 0 saturated heterocycles. The summed E-state index contributed by atoms with van der Waals surface area (Å²) >= 11 is 3.74. The fourth-order valence-electron chi connectivity index (χ4n) is 6.41. The molecule has 2 saturated carbocycles. The summed E-state index contributed by atoms with van der Waals surface area (Å²) in [5, 5.41) is 1.41. The zero-order valence-electron chi connectivity index (χ0n) is 25.0. The third-order valence-corrected chi connectivity index (χ3v) is 10.9. The predicted octanol–water partition coefficient (Wildman–Crippen LogP) is 8.92. The van der Waals surface area contributed by atoms with Gasteiger partial charge in [-0.05, 0) is 78.9 Å². The smallest absolute Gasteiger partial charge is 0.264 e. The Bertz CT molecular complexity index is 1750. The van der Waals surface area contributed by atoms with E-state index in [2.05, 4.69) is 20.7 Å². The molecule has 6 rings (SSSR count). The first-order valence-corrected chi connectivity index (χ1v) is 17.9. The maximum Gasteiger partial charge on any atom is 0.264 e. The van der Waals surface area contributed by atoms with Crippen molar-refractivity contribution in [2.45, 2.75) is 88.1 Å². The zero-order chi connectivity index (χ0) is 30.7. The number of benzene rings is 3. The molecule has 1 N–H and O–H groups in total. The Balaban J connectivity index is 1.58. The largest absolute Gasteiger partial charge is 0.293 e. The van der Waals surface area contributed by atoms with Crippen molar-refractivity contribution in [3.05, 3.63) is 88.6 Å². The molecule has 1 aromatic heterocycles. The first-order chi connectivity index (χ1) is 21.3. The third kappa shape index (κ3) is 6.69. The van der Waals surface area contributed by atoms with Crippen molar-refractivity contribution >= 4 is 48.5 Å². The number of hydrogen-bond donors (Lipinski definition) is 1. The molecule has 3 aromatic carbocycles. The van der Waals surface area contributed by atoms with Crippen LogP contribution in [0.15, 0.2) is 87.2 Å². The van der Waals surface area contributed by atoms with Crippen LogP contribution in [0.4, 0.5) is 10.2 Å². The maximum atomic E-state index is 14.8. The molecular formula is C35H38BrFN4O2S. The van der Waals surface area contributed by atoms with Gasteiger partial charge in [0.25, 0.3) is 10.0 Å². The Labute approximate surface area is 268 Å². The number of anilines is 1. The molecule has 0 spiro atoms. The number of halogens is 2. The van der Waals surface area contributed by atoms with E-state index in [9.17, 15) is 12.8 Å². The van der Waals surface area contributed by atoms with Gasteiger partial charge in [-0.1, -0.05) is 86.6 Å². The fourth-order valence-corrected chi connectivity index (χ4v) is 8.06. The van der Waals surface area contributed by atoms with Crippen LogP contribution in [0.1, 0.15) is 69.8 Å². The summed E-state index contributed by atoms with van der Waals surface area (Å²) in [5.74, 6) is 0.522. The van der Waals surface area contributed by atoms with Gasteiger partial charge in [-0.25, -0.2) is 27.5 Å². The number of sulfonamides is 1. The van der Waals surface area contributed by atoms with Crippen LogP contribution in [0.3, 0.4) is 0 Å². The molecule has 0 unspecified atom stereocenters. The first-order valence-electron chi connectivity index (χ1n) is 15.6. The molecule has 6 nitrogen and oxygen atoms in total. The second-order valence-corrected chi connectivity index (χ2v) is 14.5. The lowest BCUT2D eigenvalue weighted by Gasteiger charge is -2.37. The van der Waals surface area contributed by atoms with E-state index in [1.165, 1.54) is 12.1 Å². The molecule has 0 radical (unpaired) electrons. The number of pyridine rings is 1. The predicted molar refractivity (Wildman–Crippen MR) is 180 cm³/mol. The molecule has 0 bridgehead atoms. The minimum absolute atomic E-state index is 0.00157. The molecule has 9 heteroatoms. The summed E-state index contributed by atoms with van der Waals surface area (Å²) in [6.45, 7) is 1.93. The van der Waals surface area contributed by atoms with Gasteiger partial charge >= 0.3 is 0 Å². The second-order valence-electron chi connectivity index (χ2n) is 12.0. The maximum absolute atomic E-state index is 14.8. The lowest BCUT2D eigenvalue weighted by Crippen LogP contribution is -2.51. The standard InChI is InChI=1S/C35H38BrFN4O2S/c1-24-17-20-29(21-18-24)44(42,43)40-35(38-27-13-7-3-8-14-27)41(28-15-9-4-10-16-28)34-30-22-19-26(37)23-31(30)32(36)33(39-34)25-11-5-2-6-12-25/h2,5-6,11-12,17-23,27-28H,3-4,7-10,13-16H2,1H3,(H,38,40). The molecule has 1 heterocycles. The van der Waals surface area contributed by atoms with E-state index in [1.807, 2.05) is 42.2 Å². The van der Waals surface area contributed by atoms with Crippen molar-refractivity contribution in [3.8, 4) is 11.3 Å². The SMILES string of the molecule is Cc1ccc(S(=O)(=O)NC(=NC2CCCCC2)N(c2nc(-c3ccccc3)c(Br)c3cc(F)ccc23)C2CCCCC2)cc1. The Morgan fingerprint density at radius 2 is 1.55 bits per heavy atom. The number of guanidine groups is 1. The van der Waals surface area contributed by atoms with Gasteiger partial charge in [0.05, 0.1) is 21.1 Å². The number of aryl methyl sites for hydroxylation is 1. The van der Waals surface area contributed by atoms with Gasteiger partial charge in [0.2, 0.25) is 5.96 Å². The molecule has 230 valence electrons. The van der Waals surface area contributed by atoms with Gasteiger partial charge in [0.15, 0.2) is 0 Å². The topological polar surface area (TPSA) is 74.7 Å². The number of hydrogen-bond acceptors (Lipinski definition) is 4. The van der Waals surface area contributed by atoms with Crippen molar-refractivity contribution in [1.82, 2.24) is 9.71 Å². The highest BCUT2D eigenvalue weighted by atomic mass is 79.9. The van der Waals surface area contributed by atoms with E-state index in [0.29, 0.717) is 27.3 Å². The summed E-state index contributed by atoms with van der Waals surface area (Å²) in [5.41, 5.74) is 2.52. The summed E-state index contributed by atoms with van der Waals surface area (Å²) < 4.78 is 46.3. The van der Waals surface area contributed by atoms with Gasteiger partial charge in [-0.15, -0.1) is 0 Å². The highest BCUT2D eigenvalue weighted by Crippen LogP contribution is 2.40. The molecule has 0 amide bonds. The number of nitrogens with one attached hydrogen (secondary N) is 1. The Hall–Kier alpha value is -3.30. The van der Waals surface area contributed by atoms with Crippen LogP contribution in [0.5, 0.6) is 0 Å². The minimum atomic E-state index is -3.97. The molecular weight excluding hydrogens is 639 g/mol. The van der Waals surface area contributed by atoms with E-state index in [1.54, 1.807) is 30.3 Å². The minimum Gasteiger partial charge on any atom is -0.293 e. The number of fused-ring (bicyclic) bond motifs is 1. The van der Waals surface area contributed by atoms with E-state index < -0.39 is 10.0 Å². The summed E-state index contributed by atoms with van der Waals surface area (Å²) in [4.78, 5) is 12.6. The van der Waals surface area contributed by atoms with E-state index >= 15 is 0 Å². The van der Waals surface area contributed by atoms with Gasteiger partial charge in [-0.2, -0.15) is 0 Å². The quantitative estimate of drug-likeness (QED) is 0.163. The van der Waals surface area contributed by atoms with Crippen molar-refractivity contribution in [2.24, 2.45) is 4.99 Å². The Morgan fingerprint density at radius 1 is 0.886 bits per heavy atom. The molecule has 2 aliphatic carbocycles. The highest BCUT2D eigenvalue weighted by molar-refractivity contribution is 9.10. The summed E-state index contributed by atoms with van der Waals surface area (Å²) in [6.07, 6.45) is 10.0. The first kappa shape index (κ1) is 30.7. The van der Waals surface area contributed by atoms with Crippen LogP contribution in [-0.2, 0) is 10.0 Å². The van der Waals surface area contributed by atoms with Crippen LogP contribution < -0.4 is 9.62 Å². The molecule has 4 aromatic rings. The van der Waals surface area contributed by atoms with Crippen molar-refractivity contribution in [1.29, 1.82) is 0 Å². The normalized spacial score (nSPS) is 17.1. The van der Waals surface area contributed by atoms with Crippen LogP contribution in [-0.4, -0.2) is 31.4 Å². The Morgan fingerprint density at radius 3 is 2.23 bits per heavy atom. The summed E-state index contributed by atoms with van der Waals surface area (Å²) in [7, 11) is -3.97. The fraction of sp³-hybridized carbons (Fsp3) is 0.371. The molecule has 0 atom stereocenters. The van der Waals surface area contributed by atoms with Crippen molar-refractivity contribution in [2.75, 3.05) is 4.90 Å². The zero-order valence-corrected chi connectivity index (χ0v) is 27.4. The average molecular weight is 678 g/mol. The highest BCUT2D eigenvalue weighted by Gasteiger charge is 2.33. The van der Waals surface area contributed by atoms with Gasteiger partial charge in [-0.3, -0.25) is 4.90 Å². The average Bonchev–Trinajstić information content (AvgIpc) is 3.04. The van der Waals surface area contributed by atoms with E-state index in [-0.39, 0.29) is 22.8 Å².